The van der Waals surface area contributed by atoms with Crippen LogP contribution in [-0.4, -0.2) is 79.0 Å². The number of nitrogens with two attached hydrogens (primary N) is 1. The van der Waals surface area contributed by atoms with E-state index in [-0.39, 0.29) is 5.78 Å². The number of aromatic nitrogens is 2. The van der Waals surface area contributed by atoms with Gasteiger partial charge < -0.3 is 25.1 Å². The Kier molecular flexibility index (Phi) is 5.66. The third-order valence-electron chi connectivity index (χ3n) is 5.44. The van der Waals surface area contributed by atoms with Crippen molar-refractivity contribution in [2.45, 2.75) is 30.0 Å². The average Bonchev–Trinajstić information content (AvgIpc) is 3.15. The minimum atomic E-state index is -0.933. The molecule has 0 amide bonds. The van der Waals surface area contributed by atoms with E-state index in [0.717, 1.165) is 11.0 Å². The molecule has 0 aliphatic carbocycles. The van der Waals surface area contributed by atoms with Gasteiger partial charge in [-0.2, -0.15) is 0 Å². The molecule has 3 aromatic rings. The summed E-state index contributed by atoms with van der Waals surface area (Å²) >= 11 is 0. The number of ether oxygens (including phenoxy) is 2. The van der Waals surface area contributed by atoms with Gasteiger partial charge in [-0.15, -0.1) is 0 Å². The Morgan fingerprint density at radius 1 is 0.971 bits per heavy atom. The second-order valence-electron chi connectivity index (χ2n) is 11.2. The highest BCUT2D eigenvalue weighted by Gasteiger charge is 2.47. The number of rotatable bonds is 6. The monoisotopic (exact) mass is 450 g/mol. The number of H-pyrrole nitrogens is 1. The number of para-hydroxylation sites is 2. The lowest BCUT2D eigenvalue weighted by Crippen LogP contribution is -2.45. The minimum absolute atomic E-state index is 0.107. The van der Waals surface area contributed by atoms with E-state index in [1.165, 1.54) is 0 Å². The van der Waals surface area contributed by atoms with E-state index in [1.807, 2.05) is 108 Å². The smallest absolute Gasteiger partial charge is 0.195 e. The van der Waals surface area contributed by atoms with Crippen LogP contribution >= 0.6 is 0 Å². The highest BCUT2D eigenvalue weighted by atomic mass is 16.5. The normalized spacial score (nSPS) is 16.3. The first-order chi connectivity index (χ1) is 15.7. The molecule has 7 nitrogen and oxygen atoms in total. The highest BCUT2D eigenvalue weighted by Crippen LogP contribution is 2.42. The molecule has 0 saturated carbocycles. The van der Waals surface area contributed by atoms with Crippen LogP contribution in [0.1, 0.15) is 19.7 Å². The van der Waals surface area contributed by atoms with Crippen molar-refractivity contribution >= 4 is 75.2 Å². The molecule has 0 unspecified atom stereocenters. The van der Waals surface area contributed by atoms with Crippen LogP contribution in [0.25, 0.3) is 16.6 Å². The summed E-state index contributed by atoms with van der Waals surface area (Å²) in [4.78, 5) is 23.3. The molecule has 3 N–H and O–H groups in total. The van der Waals surface area contributed by atoms with Crippen molar-refractivity contribution in [2.75, 3.05) is 4.90 Å². The number of benzene rings is 2. The van der Waals surface area contributed by atoms with E-state index in [1.54, 1.807) is 0 Å². The van der Waals surface area contributed by atoms with Crippen LogP contribution in [0, 0.1) is 0 Å². The molecule has 0 radical (unpaired) electrons. The Bertz CT molecular complexity index is 1240. The van der Waals surface area contributed by atoms with E-state index >= 15 is 0 Å². The summed E-state index contributed by atoms with van der Waals surface area (Å²) < 4.78 is 12.3. The van der Waals surface area contributed by atoms with E-state index < -0.39 is 16.1 Å². The molecule has 0 fully saturated rings. The number of nitrogens with one attached hydrogen (secondary N) is 1. The lowest BCUT2D eigenvalue weighted by molar-refractivity contribution is -0.116. The number of carbonyl (C=O) groups excluding carboxylic acids is 1. The lowest BCUT2D eigenvalue weighted by atomic mass is 9.52. The Morgan fingerprint density at radius 3 is 2.06 bits per heavy atom. The first-order valence-corrected chi connectivity index (χ1v) is 11.5. The maximum absolute atomic E-state index is 13.6. The number of hydrogen-bond donors (Lipinski definition) is 2. The fourth-order valence-corrected chi connectivity index (χ4v) is 4.21. The van der Waals surface area contributed by atoms with Gasteiger partial charge in [0.05, 0.1) is 16.7 Å². The van der Waals surface area contributed by atoms with Gasteiger partial charge in [0.1, 0.15) is 81.3 Å². The number of Topliss-reactive ketones (excluding diaryl/α,β-unsaturated/α-hetero) is 1. The van der Waals surface area contributed by atoms with Gasteiger partial charge in [0.15, 0.2) is 5.78 Å². The van der Waals surface area contributed by atoms with Gasteiger partial charge in [-0.3, -0.25) is 4.79 Å². The Balaban J connectivity index is 1.86. The van der Waals surface area contributed by atoms with Crippen LogP contribution in [0.15, 0.2) is 48.3 Å². The molecule has 0 saturated heterocycles. The summed E-state index contributed by atoms with van der Waals surface area (Å²) in [6, 6.07) is 13.3. The SMILES string of the molecule is BC(B)(B)Oc1cc(OC(B)(B)B)cc(N2C(N)=C(c3nc4ccccc4[nH]3)C(=O)C2(C)C)c1. The van der Waals surface area contributed by atoms with E-state index in [2.05, 4.69) is 9.97 Å². The van der Waals surface area contributed by atoms with Gasteiger partial charge in [-0.1, -0.05) is 12.1 Å². The summed E-state index contributed by atoms with van der Waals surface area (Å²) in [6.07, 6.45) is 0. The molecule has 1 aromatic heterocycles. The molecule has 34 heavy (non-hydrogen) atoms. The maximum atomic E-state index is 13.6. The van der Waals surface area contributed by atoms with Crippen molar-refractivity contribution in [3.05, 3.63) is 54.1 Å². The summed E-state index contributed by atoms with van der Waals surface area (Å²) in [5, 5.41) is -0.816. The van der Waals surface area contributed by atoms with Crippen LogP contribution < -0.4 is 20.1 Å². The van der Waals surface area contributed by atoms with Crippen molar-refractivity contribution in [3.8, 4) is 11.5 Å². The molecule has 0 bridgehead atoms. The molecule has 13 heteroatoms. The quantitative estimate of drug-likeness (QED) is 0.386. The molecule has 0 spiro atoms. The fourth-order valence-electron chi connectivity index (χ4n) is 4.21. The first kappa shape index (κ1) is 24.0. The number of imidazole rings is 1. The molecule has 1 aliphatic heterocycles. The van der Waals surface area contributed by atoms with E-state index in [0.29, 0.717) is 34.4 Å². The van der Waals surface area contributed by atoms with Crippen LogP contribution in [0.2, 0.25) is 0 Å². The summed E-state index contributed by atoms with van der Waals surface area (Å²) in [6.45, 7) is 3.72. The third kappa shape index (κ3) is 4.61. The number of ketones is 1. The minimum Gasteiger partial charge on any atom is -0.513 e. The Labute approximate surface area is 205 Å². The maximum Gasteiger partial charge on any atom is 0.195 e. The zero-order valence-electron chi connectivity index (χ0n) is 21.2. The van der Waals surface area contributed by atoms with Crippen molar-refractivity contribution in [1.29, 1.82) is 0 Å². The van der Waals surface area contributed by atoms with Gasteiger partial charge in [-0.05, 0) is 26.0 Å². The summed E-state index contributed by atoms with van der Waals surface area (Å²) in [5.74, 6) is 1.97. The van der Waals surface area contributed by atoms with E-state index in [9.17, 15) is 4.79 Å². The van der Waals surface area contributed by atoms with Gasteiger partial charge in [0, 0.05) is 28.8 Å². The van der Waals surface area contributed by atoms with Crippen LogP contribution in [0.3, 0.4) is 0 Å². The van der Waals surface area contributed by atoms with Crippen molar-refractivity contribution in [1.82, 2.24) is 9.97 Å². The third-order valence-corrected chi connectivity index (χ3v) is 5.44. The van der Waals surface area contributed by atoms with Gasteiger partial charge >= 0.3 is 0 Å². The molecule has 0 atom stereocenters. The lowest BCUT2D eigenvalue weighted by Gasteiger charge is -2.34. The zero-order chi connectivity index (χ0) is 25.1. The second-order valence-corrected chi connectivity index (χ2v) is 11.2. The fraction of sp³-hybridized carbons (Fsp3) is 0.238. The van der Waals surface area contributed by atoms with Crippen LogP contribution in [0.4, 0.5) is 5.69 Å². The van der Waals surface area contributed by atoms with Crippen molar-refractivity contribution < 1.29 is 14.3 Å². The van der Waals surface area contributed by atoms with Gasteiger partial charge in [0.25, 0.3) is 0 Å². The molecule has 4 rings (SSSR count). The number of hydrogen-bond acceptors (Lipinski definition) is 6. The largest absolute Gasteiger partial charge is 0.513 e. The first-order valence-electron chi connectivity index (χ1n) is 11.5. The molecule has 168 valence electrons. The summed E-state index contributed by atoms with van der Waals surface area (Å²) in [5.41, 5.74) is 8.46. The van der Waals surface area contributed by atoms with Gasteiger partial charge in [0.2, 0.25) is 0 Å². The predicted molar refractivity (Wildman–Crippen MR) is 153 cm³/mol. The summed E-state index contributed by atoms with van der Waals surface area (Å²) in [7, 11) is 11.9. The van der Waals surface area contributed by atoms with Crippen LogP contribution in [-0.2, 0) is 4.79 Å². The highest BCUT2D eigenvalue weighted by molar-refractivity contribution is 6.58. The topological polar surface area (TPSA) is 93.5 Å². The van der Waals surface area contributed by atoms with E-state index in [4.69, 9.17) is 15.2 Å². The number of nitrogens with zero attached hydrogens (tertiary/aromatic N) is 2. The molecular weight excluding hydrogens is 421 g/mol. The van der Waals surface area contributed by atoms with Crippen molar-refractivity contribution in [2.24, 2.45) is 5.73 Å². The predicted octanol–water partition coefficient (Wildman–Crippen LogP) is -3.16. The van der Waals surface area contributed by atoms with Gasteiger partial charge in [-0.25, -0.2) is 4.98 Å². The Morgan fingerprint density at radius 2 is 1.53 bits per heavy atom. The molecular formula is C21H28B6N4O3. The second kappa shape index (κ2) is 8.00. The number of carbonyl (C=O) groups is 1. The zero-order valence-corrected chi connectivity index (χ0v) is 21.2. The standard InChI is InChI=1S/C21H28B6N4O3/c1-19(2)16(32)15(18-29-13-5-3-4-6-14(13)30-18)17(28)31(19)10-7-11(33-20(22,23)24)9-12(8-10)34-21(25,26)27/h3-9H,22-28H2,1-2H3,(H,29,30). The number of anilines is 1. The average molecular weight is 449 g/mol. The molecule has 2 heterocycles. The van der Waals surface area contributed by atoms with Crippen LogP contribution in [0.5, 0.6) is 11.5 Å². The number of fused-ring (bicyclic) bond motifs is 1. The van der Waals surface area contributed by atoms with Crippen molar-refractivity contribution in [3.63, 3.8) is 0 Å². The molecule has 1 aliphatic rings. The Hall–Kier alpha value is -3.09. The molecule has 2 aromatic carbocycles. The number of aromatic amines is 1.